The van der Waals surface area contributed by atoms with Crippen molar-refractivity contribution < 1.29 is 13.2 Å². The van der Waals surface area contributed by atoms with E-state index in [1.54, 1.807) is 30.5 Å². The maximum Gasteiger partial charge on any atom is 0.269 e. The number of thiophene rings is 1. The molecule has 0 saturated carbocycles. The van der Waals surface area contributed by atoms with Crippen LogP contribution in [-0.4, -0.2) is 40.5 Å². The predicted molar refractivity (Wildman–Crippen MR) is 112 cm³/mol. The highest BCUT2D eigenvalue weighted by Gasteiger charge is 2.40. The number of amides is 1. The van der Waals surface area contributed by atoms with Crippen molar-refractivity contribution in [3.8, 4) is 0 Å². The molecule has 0 radical (unpaired) electrons. The minimum absolute atomic E-state index is 0.0232. The molecule has 3 heterocycles. The quantitative estimate of drug-likeness (QED) is 0.451. The number of hydrogen-bond donors (Lipinski definition) is 0. The van der Waals surface area contributed by atoms with Crippen molar-refractivity contribution in [2.45, 2.75) is 29.3 Å². The summed E-state index contributed by atoms with van der Waals surface area (Å²) in [6.45, 7) is 0.0232. The number of thioether (sulfide) groups is 1. The highest BCUT2D eigenvalue weighted by Crippen LogP contribution is 2.35. The van der Waals surface area contributed by atoms with Gasteiger partial charge in [-0.05, 0) is 37.0 Å². The maximum absolute atomic E-state index is 12.8. The molecule has 0 N–H and O–H groups in total. The molecule has 7 nitrogen and oxygen atoms in total. The number of carbonyl (C=O) groups excluding carboxylic acids is 1. The Bertz CT molecular complexity index is 1340. The maximum atomic E-state index is 12.8. The second-order valence-corrected chi connectivity index (χ2v) is 11.0. The summed E-state index contributed by atoms with van der Waals surface area (Å²) in [4.78, 5) is 32.0. The van der Waals surface area contributed by atoms with Crippen LogP contribution in [0.25, 0.3) is 10.2 Å². The Morgan fingerprint density at radius 1 is 1.21 bits per heavy atom. The Morgan fingerprint density at radius 2 is 2.00 bits per heavy atom. The number of fused-ring (bicyclic) bond motifs is 4. The van der Waals surface area contributed by atoms with Gasteiger partial charge >= 0.3 is 0 Å². The lowest BCUT2D eigenvalue weighted by Crippen LogP contribution is -2.32. The van der Waals surface area contributed by atoms with E-state index in [2.05, 4.69) is 4.98 Å². The van der Waals surface area contributed by atoms with Crippen molar-refractivity contribution in [2.75, 3.05) is 12.3 Å². The van der Waals surface area contributed by atoms with Crippen molar-refractivity contribution in [1.82, 2.24) is 13.9 Å². The SMILES string of the molecule is Cn1c(SCCN2C(=O)c3ccccc3S2(=O)=O)nc2sc3c(c2c1=O)CCC3. The number of sulfonamides is 1. The van der Waals surface area contributed by atoms with Gasteiger partial charge in [0, 0.05) is 24.2 Å². The number of aromatic nitrogens is 2. The lowest BCUT2D eigenvalue weighted by molar-refractivity contribution is 0.0876. The lowest BCUT2D eigenvalue weighted by Gasteiger charge is -2.15. The summed E-state index contributed by atoms with van der Waals surface area (Å²) in [5.41, 5.74) is 1.29. The first-order valence-corrected chi connectivity index (χ1v) is 12.4. The van der Waals surface area contributed by atoms with Gasteiger partial charge in [-0.1, -0.05) is 23.9 Å². The van der Waals surface area contributed by atoms with Gasteiger partial charge in [0.25, 0.3) is 21.5 Å². The van der Waals surface area contributed by atoms with Crippen LogP contribution < -0.4 is 5.56 Å². The fourth-order valence-corrected chi connectivity index (χ4v) is 7.79. The Hall–Kier alpha value is -2.17. The molecular formula is C19H17N3O4S3. The second-order valence-electron chi connectivity index (χ2n) is 7.02. The van der Waals surface area contributed by atoms with E-state index in [0.29, 0.717) is 10.9 Å². The van der Waals surface area contributed by atoms with Gasteiger partial charge < -0.3 is 0 Å². The number of nitrogens with zero attached hydrogens (tertiary/aromatic N) is 3. The summed E-state index contributed by atoms with van der Waals surface area (Å²) in [6, 6.07) is 6.23. The van der Waals surface area contributed by atoms with Gasteiger partial charge in [0.05, 0.1) is 10.9 Å². The lowest BCUT2D eigenvalue weighted by atomic mass is 10.2. The molecule has 1 aliphatic carbocycles. The zero-order valence-corrected chi connectivity index (χ0v) is 18.0. The van der Waals surface area contributed by atoms with Crippen LogP contribution in [0.3, 0.4) is 0 Å². The van der Waals surface area contributed by atoms with Crippen molar-refractivity contribution in [1.29, 1.82) is 0 Å². The van der Waals surface area contributed by atoms with Gasteiger partial charge in [0.2, 0.25) is 0 Å². The molecule has 0 saturated heterocycles. The van der Waals surface area contributed by atoms with E-state index >= 15 is 0 Å². The molecule has 0 atom stereocenters. The van der Waals surface area contributed by atoms with Gasteiger partial charge in [0.15, 0.2) is 5.16 Å². The molecular weight excluding hydrogens is 430 g/mol. The first kappa shape index (κ1) is 18.8. The summed E-state index contributed by atoms with van der Waals surface area (Å²) in [6.07, 6.45) is 3.00. The third-order valence-electron chi connectivity index (χ3n) is 5.34. The number of aryl methyl sites for hydroxylation is 2. The molecule has 1 aliphatic heterocycles. The van der Waals surface area contributed by atoms with E-state index in [0.717, 1.165) is 39.3 Å². The van der Waals surface area contributed by atoms with Gasteiger partial charge in [-0.15, -0.1) is 11.3 Å². The first-order chi connectivity index (χ1) is 13.9. The minimum atomic E-state index is -3.82. The monoisotopic (exact) mass is 447 g/mol. The third-order valence-corrected chi connectivity index (χ3v) is 9.38. The van der Waals surface area contributed by atoms with E-state index in [-0.39, 0.29) is 22.6 Å². The number of rotatable bonds is 4. The summed E-state index contributed by atoms with van der Waals surface area (Å²) in [7, 11) is -2.13. The Balaban J connectivity index is 1.39. The van der Waals surface area contributed by atoms with Crippen LogP contribution in [-0.2, 0) is 29.9 Å². The fraction of sp³-hybridized carbons (Fsp3) is 0.316. The molecule has 10 heteroatoms. The van der Waals surface area contributed by atoms with Crippen LogP contribution >= 0.6 is 23.1 Å². The normalized spacial score (nSPS) is 17.1. The second kappa shape index (κ2) is 6.68. The van der Waals surface area contributed by atoms with E-state index in [1.807, 2.05) is 0 Å². The minimum Gasteiger partial charge on any atom is -0.290 e. The average Bonchev–Trinajstić information content (AvgIpc) is 3.33. The highest BCUT2D eigenvalue weighted by molar-refractivity contribution is 7.99. The average molecular weight is 448 g/mol. The summed E-state index contributed by atoms with van der Waals surface area (Å²) in [5.74, 6) is -0.191. The zero-order chi connectivity index (χ0) is 20.3. The van der Waals surface area contributed by atoms with Crippen molar-refractivity contribution in [2.24, 2.45) is 7.05 Å². The van der Waals surface area contributed by atoms with Gasteiger partial charge in [-0.25, -0.2) is 17.7 Å². The van der Waals surface area contributed by atoms with E-state index in [9.17, 15) is 18.0 Å². The van der Waals surface area contributed by atoms with Crippen LogP contribution in [0.1, 0.15) is 27.2 Å². The molecule has 2 aromatic heterocycles. The summed E-state index contributed by atoms with van der Waals surface area (Å²) >= 11 is 2.86. The summed E-state index contributed by atoms with van der Waals surface area (Å²) in [5, 5.41) is 1.26. The predicted octanol–water partition coefficient (Wildman–Crippen LogP) is 2.42. The molecule has 5 rings (SSSR count). The molecule has 29 heavy (non-hydrogen) atoms. The Kier molecular flexibility index (Phi) is 4.34. The molecule has 0 spiro atoms. The largest absolute Gasteiger partial charge is 0.290 e. The molecule has 0 bridgehead atoms. The molecule has 1 amide bonds. The highest BCUT2D eigenvalue weighted by atomic mass is 32.2. The smallest absolute Gasteiger partial charge is 0.269 e. The van der Waals surface area contributed by atoms with Crippen LogP contribution in [0.15, 0.2) is 39.1 Å². The Morgan fingerprint density at radius 3 is 2.79 bits per heavy atom. The number of benzene rings is 1. The van der Waals surface area contributed by atoms with Gasteiger partial charge in [0.1, 0.15) is 9.73 Å². The fourth-order valence-electron chi connectivity index (χ4n) is 3.91. The van der Waals surface area contributed by atoms with Crippen LogP contribution in [0.4, 0.5) is 0 Å². The molecule has 0 fully saturated rings. The Labute approximate surface area is 175 Å². The first-order valence-electron chi connectivity index (χ1n) is 9.20. The van der Waals surface area contributed by atoms with Crippen LogP contribution in [0.2, 0.25) is 0 Å². The third kappa shape index (κ3) is 2.77. The van der Waals surface area contributed by atoms with E-state index < -0.39 is 15.9 Å². The molecule has 3 aromatic rings. The standard InChI is InChI=1S/C19H17N3O4S3/c1-21-18(24)15-11-6-4-7-13(11)28-16(15)20-19(21)27-10-9-22-17(23)12-5-2-3-8-14(12)29(22,25)26/h2-3,5,8H,4,6-7,9-10H2,1H3. The topological polar surface area (TPSA) is 89.3 Å². The van der Waals surface area contributed by atoms with Gasteiger partial charge in [-0.3, -0.25) is 14.2 Å². The summed E-state index contributed by atoms with van der Waals surface area (Å²) < 4.78 is 27.7. The molecule has 2 aliphatic rings. The molecule has 1 aromatic carbocycles. The van der Waals surface area contributed by atoms with Crippen LogP contribution in [0, 0.1) is 0 Å². The molecule has 150 valence electrons. The van der Waals surface area contributed by atoms with Crippen molar-refractivity contribution in [3.05, 3.63) is 50.6 Å². The van der Waals surface area contributed by atoms with E-state index in [1.165, 1.54) is 33.3 Å². The molecule has 0 unspecified atom stereocenters. The van der Waals surface area contributed by atoms with Crippen molar-refractivity contribution in [3.63, 3.8) is 0 Å². The number of carbonyl (C=O) groups is 1. The van der Waals surface area contributed by atoms with E-state index in [4.69, 9.17) is 0 Å². The zero-order valence-electron chi connectivity index (χ0n) is 15.5. The van der Waals surface area contributed by atoms with Crippen LogP contribution in [0.5, 0.6) is 0 Å². The number of hydrogen-bond acceptors (Lipinski definition) is 7. The van der Waals surface area contributed by atoms with Gasteiger partial charge in [-0.2, -0.15) is 0 Å². The van der Waals surface area contributed by atoms with Crippen molar-refractivity contribution >= 4 is 49.2 Å².